The fraction of sp³-hybridized carbons (Fsp3) is 1.00. The summed E-state index contributed by atoms with van der Waals surface area (Å²) >= 11 is 0. The van der Waals surface area contributed by atoms with Gasteiger partial charge >= 0.3 is 0 Å². The van der Waals surface area contributed by atoms with E-state index < -0.39 is 0 Å². The molecule has 0 aromatic carbocycles. The summed E-state index contributed by atoms with van der Waals surface area (Å²) in [5.74, 6) is 0.858. The number of rotatable bonds is 7. The van der Waals surface area contributed by atoms with Gasteiger partial charge in [-0.05, 0) is 72.5 Å². The van der Waals surface area contributed by atoms with Gasteiger partial charge < -0.3 is 15.0 Å². The lowest BCUT2D eigenvalue weighted by Gasteiger charge is -2.27. The van der Waals surface area contributed by atoms with Crippen molar-refractivity contribution in [1.29, 1.82) is 0 Å². The number of hydrogen-bond acceptors (Lipinski definition) is 3. The third kappa shape index (κ3) is 8.06. The Morgan fingerprint density at radius 2 is 1.83 bits per heavy atom. The second-order valence-electron chi connectivity index (χ2n) is 6.70. The lowest BCUT2D eigenvalue weighted by Crippen LogP contribution is -2.36. The molecule has 108 valence electrons. The van der Waals surface area contributed by atoms with Crippen molar-refractivity contribution < 1.29 is 4.74 Å². The van der Waals surface area contributed by atoms with Crippen molar-refractivity contribution in [2.45, 2.75) is 52.0 Å². The quantitative estimate of drug-likeness (QED) is 0.708. The van der Waals surface area contributed by atoms with Gasteiger partial charge in [0, 0.05) is 25.3 Å². The Morgan fingerprint density at radius 1 is 1.17 bits per heavy atom. The zero-order chi connectivity index (χ0) is 13.4. The molecule has 0 aromatic heterocycles. The molecular weight excluding hydrogens is 224 g/mol. The minimum Gasteiger partial charge on any atom is -0.381 e. The van der Waals surface area contributed by atoms with Crippen LogP contribution in [0, 0.1) is 5.92 Å². The van der Waals surface area contributed by atoms with Crippen LogP contribution in [0.2, 0.25) is 0 Å². The average molecular weight is 256 g/mol. The van der Waals surface area contributed by atoms with E-state index in [-0.39, 0.29) is 5.54 Å². The molecule has 0 amide bonds. The smallest absolute Gasteiger partial charge is 0.0469 e. The van der Waals surface area contributed by atoms with Crippen LogP contribution in [-0.2, 0) is 4.74 Å². The molecule has 3 nitrogen and oxygen atoms in total. The SMILES string of the molecule is CN(CCCCNC(C)(C)C)CC1CCOCC1. The molecule has 0 atom stereocenters. The van der Waals surface area contributed by atoms with E-state index in [9.17, 15) is 0 Å². The highest BCUT2D eigenvalue weighted by Crippen LogP contribution is 2.15. The van der Waals surface area contributed by atoms with Crippen LogP contribution in [-0.4, -0.2) is 50.3 Å². The van der Waals surface area contributed by atoms with Gasteiger partial charge in [0.25, 0.3) is 0 Å². The molecule has 0 aromatic rings. The largest absolute Gasteiger partial charge is 0.381 e. The van der Waals surface area contributed by atoms with E-state index in [2.05, 4.69) is 38.0 Å². The zero-order valence-electron chi connectivity index (χ0n) is 12.8. The Balaban J connectivity index is 1.97. The van der Waals surface area contributed by atoms with E-state index >= 15 is 0 Å². The van der Waals surface area contributed by atoms with Crippen LogP contribution in [0.5, 0.6) is 0 Å². The molecule has 0 bridgehead atoms. The van der Waals surface area contributed by atoms with Gasteiger partial charge in [0.05, 0.1) is 0 Å². The molecule has 1 aliphatic heterocycles. The number of unbranched alkanes of at least 4 members (excludes halogenated alkanes) is 1. The van der Waals surface area contributed by atoms with Crippen LogP contribution in [0.25, 0.3) is 0 Å². The molecule has 0 spiro atoms. The molecule has 1 saturated heterocycles. The lowest BCUT2D eigenvalue weighted by atomic mass is 10.00. The molecule has 1 fully saturated rings. The van der Waals surface area contributed by atoms with Crippen LogP contribution in [0.1, 0.15) is 46.5 Å². The van der Waals surface area contributed by atoms with Crippen LogP contribution in [0.3, 0.4) is 0 Å². The Hall–Kier alpha value is -0.120. The summed E-state index contributed by atoms with van der Waals surface area (Å²) in [6, 6.07) is 0. The zero-order valence-corrected chi connectivity index (χ0v) is 12.8. The molecule has 0 radical (unpaired) electrons. The summed E-state index contributed by atoms with van der Waals surface area (Å²) in [4.78, 5) is 2.49. The summed E-state index contributed by atoms with van der Waals surface area (Å²) in [5.41, 5.74) is 0.258. The molecule has 3 heteroatoms. The van der Waals surface area contributed by atoms with Gasteiger partial charge in [-0.3, -0.25) is 0 Å². The Kier molecular flexibility index (Phi) is 7.20. The van der Waals surface area contributed by atoms with E-state index in [1.807, 2.05) is 0 Å². The molecular formula is C15H32N2O. The van der Waals surface area contributed by atoms with Gasteiger partial charge in [-0.25, -0.2) is 0 Å². The second kappa shape index (κ2) is 8.13. The van der Waals surface area contributed by atoms with Crippen molar-refractivity contribution in [1.82, 2.24) is 10.2 Å². The Morgan fingerprint density at radius 3 is 2.44 bits per heavy atom. The Bertz CT molecular complexity index is 207. The highest BCUT2D eigenvalue weighted by atomic mass is 16.5. The maximum absolute atomic E-state index is 5.40. The molecule has 0 unspecified atom stereocenters. The van der Waals surface area contributed by atoms with Gasteiger partial charge in [-0.2, -0.15) is 0 Å². The monoisotopic (exact) mass is 256 g/mol. The van der Waals surface area contributed by atoms with Crippen LogP contribution in [0.15, 0.2) is 0 Å². The molecule has 0 aliphatic carbocycles. The minimum absolute atomic E-state index is 0.258. The van der Waals surface area contributed by atoms with Crippen molar-refractivity contribution in [3.63, 3.8) is 0 Å². The van der Waals surface area contributed by atoms with E-state index in [0.717, 1.165) is 25.7 Å². The summed E-state index contributed by atoms with van der Waals surface area (Å²) < 4.78 is 5.40. The van der Waals surface area contributed by atoms with Gasteiger partial charge in [-0.1, -0.05) is 0 Å². The predicted octanol–water partition coefficient (Wildman–Crippen LogP) is 2.51. The number of ether oxygens (including phenoxy) is 1. The first-order chi connectivity index (χ1) is 8.47. The van der Waals surface area contributed by atoms with Crippen molar-refractivity contribution in [3.8, 4) is 0 Å². The standard InChI is InChI=1S/C15H32N2O/c1-15(2,3)16-9-5-6-10-17(4)13-14-7-11-18-12-8-14/h14,16H,5-13H2,1-4H3. The van der Waals surface area contributed by atoms with Crippen LogP contribution >= 0.6 is 0 Å². The first-order valence-electron chi connectivity index (χ1n) is 7.49. The van der Waals surface area contributed by atoms with Crippen LogP contribution in [0.4, 0.5) is 0 Å². The highest BCUT2D eigenvalue weighted by Gasteiger charge is 2.15. The summed E-state index contributed by atoms with van der Waals surface area (Å²) in [7, 11) is 2.26. The van der Waals surface area contributed by atoms with Crippen molar-refractivity contribution >= 4 is 0 Å². The van der Waals surface area contributed by atoms with Gasteiger partial charge in [0.2, 0.25) is 0 Å². The topological polar surface area (TPSA) is 24.5 Å². The van der Waals surface area contributed by atoms with Gasteiger partial charge in [0.15, 0.2) is 0 Å². The fourth-order valence-corrected chi connectivity index (χ4v) is 2.43. The summed E-state index contributed by atoms with van der Waals surface area (Å²) in [6.07, 6.45) is 5.06. The molecule has 1 N–H and O–H groups in total. The highest BCUT2D eigenvalue weighted by molar-refractivity contribution is 4.70. The van der Waals surface area contributed by atoms with E-state index in [0.29, 0.717) is 0 Å². The third-order valence-corrected chi connectivity index (χ3v) is 3.53. The molecule has 0 saturated carbocycles. The summed E-state index contributed by atoms with van der Waals surface area (Å²) in [6.45, 7) is 12.2. The second-order valence-corrected chi connectivity index (χ2v) is 6.70. The minimum atomic E-state index is 0.258. The van der Waals surface area contributed by atoms with E-state index in [1.54, 1.807) is 0 Å². The lowest BCUT2D eigenvalue weighted by molar-refractivity contribution is 0.0556. The van der Waals surface area contributed by atoms with Crippen molar-refractivity contribution in [3.05, 3.63) is 0 Å². The third-order valence-electron chi connectivity index (χ3n) is 3.53. The first-order valence-corrected chi connectivity index (χ1v) is 7.49. The number of nitrogens with zero attached hydrogens (tertiary/aromatic N) is 1. The maximum Gasteiger partial charge on any atom is 0.0469 e. The Labute approximate surface area is 113 Å². The normalized spacial score (nSPS) is 18.5. The molecule has 18 heavy (non-hydrogen) atoms. The van der Waals surface area contributed by atoms with E-state index in [4.69, 9.17) is 4.74 Å². The maximum atomic E-state index is 5.40. The fourth-order valence-electron chi connectivity index (χ4n) is 2.43. The number of nitrogens with one attached hydrogen (secondary N) is 1. The van der Waals surface area contributed by atoms with Gasteiger partial charge in [-0.15, -0.1) is 0 Å². The van der Waals surface area contributed by atoms with Gasteiger partial charge in [0.1, 0.15) is 0 Å². The van der Waals surface area contributed by atoms with Crippen LogP contribution < -0.4 is 5.32 Å². The molecule has 1 aliphatic rings. The first kappa shape index (κ1) is 15.9. The predicted molar refractivity (Wildman–Crippen MR) is 78.0 cm³/mol. The molecule has 1 rings (SSSR count). The average Bonchev–Trinajstić information content (AvgIpc) is 2.28. The van der Waals surface area contributed by atoms with Crippen molar-refractivity contribution in [2.24, 2.45) is 5.92 Å². The van der Waals surface area contributed by atoms with Crippen molar-refractivity contribution in [2.75, 3.05) is 39.9 Å². The van der Waals surface area contributed by atoms with E-state index in [1.165, 1.54) is 38.8 Å². The summed E-state index contributed by atoms with van der Waals surface area (Å²) in [5, 5.41) is 3.54. The molecule has 1 heterocycles. The number of hydrogen-bond donors (Lipinski definition) is 1.